The van der Waals surface area contributed by atoms with Gasteiger partial charge in [0.25, 0.3) is 5.91 Å². The number of rotatable bonds is 4. The zero-order chi connectivity index (χ0) is 17.9. The van der Waals surface area contributed by atoms with Crippen LogP contribution in [0.25, 0.3) is 0 Å². The van der Waals surface area contributed by atoms with Gasteiger partial charge in [0.15, 0.2) is 0 Å². The Morgan fingerprint density at radius 1 is 1.19 bits per heavy atom. The zero-order valence-electron chi connectivity index (χ0n) is 15.0. The molecule has 1 aliphatic heterocycles. The van der Waals surface area contributed by atoms with Crippen LogP contribution in [0.1, 0.15) is 15.9 Å². The molecule has 0 unspecified atom stereocenters. The predicted molar refractivity (Wildman–Crippen MR) is 93.8 cm³/mol. The fraction of sp³-hybridized carbons (Fsp3) is 0.412. The number of halogens is 1. The van der Waals surface area contributed by atoms with E-state index in [2.05, 4.69) is 20.3 Å². The van der Waals surface area contributed by atoms with Crippen molar-refractivity contribution in [2.75, 3.05) is 45.8 Å². The first kappa shape index (κ1) is 20.0. The smallest absolute Gasteiger partial charge is 0.336 e. The van der Waals surface area contributed by atoms with Gasteiger partial charge in [0.1, 0.15) is 13.1 Å². The minimum atomic E-state index is -0.262. The van der Waals surface area contributed by atoms with Crippen LogP contribution in [0, 0.1) is 6.92 Å². The standard InChI is InChI=1S/C17H21N5O3.ClH/c1-12-6-4-5-7-13(12)14(23)18-15-19-16(21-17(20-15)24-3)22(2)8-10-25-11-9-22;/h4-7H,8-11H2,1-3H3;1H. The molecule has 0 aliphatic carbocycles. The highest BCUT2D eigenvalue weighted by Crippen LogP contribution is 2.22. The Labute approximate surface area is 158 Å². The zero-order valence-corrected chi connectivity index (χ0v) is 15.8. The Morgan fingerprint density at radius 3 is 2.54 bits per heavy atom. The fourth-order valence-corrected chi connectivity index (χ4v) is 2.68. The largest absolute Gasteiger partial charge is 1.00 e. The van der Waals surface area contributed by atoms with Crippen molar-refractivity contribution in [2.24, 2.45) is 0 Å². The van der Waals surface area contributed by atoms with E-state index in [9.17, 15) is 4.79 Å². The molecule has 0 bridgehead atoms. The molecule has 0 atom stereocenters. The van der Waals surface area contributed by atoms with Crippen molar-refractivity contribution in [3.8, 4) is 6.01 Å². The van der Waals surface area contributed by atoms with E-state index in [1.54, 1.807) is 6.07 Å². The van der Waals surface area contributed by atoms with Crippen LogP contribution in [-0.4, -0.2) is 61.3 Å². The summed E-state index contributed by atoms with van der Waals surface area (Å²) in [5.74, 6) is 0.470. The summed E-state index contributed by atoms with van der Waals surface area (Å²) in [7, 11) is 3.52. The predicted octanol–water partition coefficient (Wildman–Crippen LogP) is -1.59. The number of nitrogens with one attached hydrogen (secondary N) is 1. The van der Waals surface area contributed by atoms with E-state index in [0.717, 1.165) is 18.7 Å². The summed E-state index contributed by atoms with van der Waals surface area (Å²) in [4.78, 5) is 25.5. The number of hydrogen-bond donors (Lipinski definition) is 1. The molecule has 140 valence electrons. The van der Waals surface area contributed by atoms with Gasteiger partial charge in [-0.15, -0.1) is 9.97 Å². The number of quaternary nitrogens is 1. The van der Waals surface area contributed by atoms with E-state index >= 15 is 0 Å². The third kappa shape index (κ3) is 4.27. The van der Waals surface area contributed by atoms with Crippen LogP contribution in [0.2, 0.25) is 0 Å². The summed E-state index contributed by atoms with van der Waals surface area (Å²) in [6.07, 6.45) is 0. The summed E-state index contributed by atoms with van der Waals surface area (Å²) in [5, 5.41) is 2.75. The highest BCUT2D eigenvalue weighted by Gasteiger charge is 2.33. The second kappa shape index (κ2) is 8.39. The average molecular weight is 380 g/mol. The molecule has 2 aromatic rings. The third-order valence-corrected chi connectivity index (χ3v) is 4.34. The van der Waals surface area contributed by atoms with Crippen molar-refractivity contribution < 1.29 is 26.7 Å². The highest BCUT2D eigenvalue weighted by molar-refractivity contribution is 6.04. The number of hydrogen-bond acceptors (Lipinski definition) is 6. The van der Waals surface area contributed by atoms with Gasteiger partial charge >= 0.3 is 12.0 Å². The molecular formula is C17H22ClN5O3. The molecule has 1 N–H and O–H groups in total. The Morgan fingerprint density at radius 2 is 1.88 bits per heavy atom. The van der Waals surface area contributed by atoms with Gasteiger partial charge in [-0.3, -0.25) is 14.6 Å². The normalized spacial score (nSPS) is 15.7. The van der Waals surface area contributed by atoms with Crippen LogP contribution >= 0.6 is 0 Å². The van der Waals surface area contributed by atoms with Gasteiger partial charge in [0, 0.05) is 5.56 Å². The first-order valence-corrected chi connectivity index (χ1v) is 8.12. The number of likely N-dealkylation sites (N-methyl/N-ethyl adjacent to an activating group) is 1. The number of ether oxygens (including phenoxy) is 2. The maximum Gasteiger partial charge on any atom is 0.336 e. The molecule has 1 amide bonds. The van der Waals surface area contributed by atoms with E-state index in [4.69, 9.17) is 9.47 Å². The monoisotopic (exact) mass is 379 g/mol. The molecule has 26 heavy (non-hydrogen) atoms. The summed E-state index contributed by atoms with van der Waals surface area (Å²) >= 11 is 0. The molecule has 1 fully saturated rings. The number of nitrogens with zero attached hydrogens (tertiary/aromatic N) is 4. The van der Waals surface area contributed by atoms with Gasteiger partial charge in [-0.1, -0.05) is 18.2 Å². The lowest BCUT2D eigenvalue weighted by Gasteiger charge is -2.34. The molecule has 0 radical (unpaired) electrons. The van der Waals surface area contributed by atoms with Crippen LogP contribution in [0.15, 0.2) is 24.3 Å². The van der Waals surface area contributed by atoms with Gasteiger partial charge in [-0.25, -0.2) is 0 Å². The third-order valence-electron chi connectivity index (χ3n) is 4.34. The maximum absolute atomic E-state index is 12.5. The van der Waals surface area contributed by atoms with E-state index in [1.165, 1.54) is 7.11 Å². The highest BCUT2D eigenvalue weighted by atomic mass is 35.5. The van der Waals surface area contributed by atoms with Crippen LogP contribution < -0.4 is 26.9 Å². The van der Waals surface area contributed by atoms with E-state index in [1.807, 2.05) is 32.2 Å². The van der Waals surface area contributed by atoms with Gasteiger partial charge in [0.05, 0.1) is 27.4 Å². The minimum Gasteiger partial charge on any atom is -1.00 e. The van der Waals surface area contributed by atoms with Gasteiger partial charge in [0.2, 0.25) is 5.95 Å². The van der Waals surface area contributed by atoms with Crippen molar-refractivity contribution in [1.82, 2.24) is 19.4 Å². The minimum absolute atomic E-state index is 0. The topological polar surface area (TPSA) is 86.2 Å². The number of aromatic nitrogens is 3. The number of methoxy groups -OCH3 is 1. The second-order valence-electron chi connectivity index (χ2n) is 6.17. The number of morpholine rings is 1. The lowest BCUT2D eigenvalue weighted by Crippen LogP contribution is -3.00. The molecule has 8 nitrogen and oxygen atoms in total. The van der Waals surface area contributed by atoms with Gasteiger partial charge in [-0.2, -0.15) is 4.98 Å². The number of amides is 1. The van der Waals surface area contributed by atoms with Gasteiger partial charge in [-0.05, 0) is 18.6 Å². The van der Waals surface area contributed by atoms with Crippen molar-refractivity contribution in [3.05, 3.63) is 35.4 Å². The molecule has 3 rings (SSSR count). The lowest BCUT2D eigenvalue weighted by molar-refractivity contribution is -0.0000155. The van der Waals surface area contributed by atoms with E-state index in [0.29, 0.717) is 29.2 Å². The first-order valence-electron chi connectivity index (χ1n) is 8.12. The molecule has 9 heteroatoms. The molecule has 1 saturated heterocycles. The van der Waals surface area contributed by atoms with Crippen molar-refractivity contribution in [1.29, 1.82) is 0 Å². The Bertz CT molecular complexity index is 781. The Kier molecular flexibility index (Phi) is 6.47. The van der Waals surface area contributed by atoms with E-state index < -0.39 is 0 Å². The quantitative estimate of drug-likeness (QED) is 0.645. The average Bonchev–Trinajstić information content (AvgIpc) is 2.62. The number of anilines is 1. The summed E-state index contributed by atoms with van der Waals surface area (Å²) < 4.78 is 11.1. The number of benzene rings is 1. The molecule has 2 heterocycles. The molecular weight excluding hydrogens is 358 g/mol. The second-order valence-corrected chi connectivity index (χ2v) is 6.17. The SMILES string of the molecule is COc1nc(NC(=O)c2ccccc2C)nc([N+]2(C)CCOCC2)n1.[Cl-]. The first-order chi connectivity index (χ1) is 12.0. The van der Waals surface area contributed by atoms with Crippen molar-refractivity contribution in [3.63, 3.8) is 0 Å². The lowest BCUT2D eigenvalue weighted by atomic mass is 10.1. The number of carbonyl (C=O) groups is 1. The fourth-order valence-electron chi connectivity index (χ4n) is 2.68. The molecule has 0 spiro atoms. The van der Waals surface area contributed by atoms with Crippen LogP contribution in [-0.2, 0) is 4.74 Å². The van der Waals surface area contributed by atoms with Gasteiger partial charge < -0.3 is 21.9 Å². The van der Waals surface area contributed by atoms with Crippen LogP contribution in [0.4, 0.5) is 11.9 Å². The number of aryl methyl sites for hydroxylation is 1. The summed E-state index contributed by atoms with van der Waals surface area (Å²) in [6.45, 7) is 4.65. The Hall–Kier alpha value is -2.29. The van der Waals surface area contributed by atoms with Crippen molar-refractivity contribution >= 4 is 17.8 Å². The maximum atomic E-state index is 12.5. The molecule has 1 aromatic carbocycles. The Balaban J connectivity index is 0.00000243. The summed E-state index contributed by atoms with van der Waals surface area (Å²) in [5.41, 5.74) is 1.46. The van der Waals surface area contributed by atoms with E-state index in [-0.39, 0.29) is 30.3 Å². The molecule has 1 aromatic heterocycles. The molecule has 0 saturated carbocycles. The van der Waals surface area contributed by atoms with Crippen LogP contribution in [0.5, 0.6) is 6.01 Å². The van der Waals surface area contributed by atoms with Crippen molar-refractivity contribution in [2.45, 2.75) is 6.92 Å². The summed E-state index contributed by atoms with van der Waals surface area (Å²) in [6, 6.07) is 7.53. The number of carbonyl (C=O) groups excluding carboxylic acids is 1. The van der Waals surface area contributed by atoms with Crippen LogP contribution in [0.3, 0.4) is 0 Å². The molecule has 1 aliphatic rings.